The summed E-state index contributed by atoms with van der Waals surface area (Å²) >= 11 is 0. The van der Waals surface area contributed by atoms with Crippen LogP contribution in [0.5, 0.6) is 0 Å². The maximum Gasteiger partial charge on any atom is 0.150 e. The standard InChI is InChI=1S/C17H17N3O/c1-11-18-8-9-20(11)10-12-6-7-15-16(17(12)21)13-4-2-3-5-14(13)19-15/h2-5,8-9,12,16H,6-7,10H2,1H3. The van der Waals surface area contributed by atoms with Crippen molar-refractivity contribution < 1.29 is 4.79 Å². The van der Waals surface area contributed by atoms with Crippen molar-refractivity contribution in [1.82, 2.24) is 9.55 Å². The summed E-state index contributed by atoms with van der Waals surface area (Å²) in [5.74, 6) is 1.24. The molecule has 0 radical (unpaired) electrons. The van der Waals surface area contributed by atoms with Gasteiger partial charge in [-0.25, -0.2) is 4.98 Å². The average molecular weight is 279 g/mol. The van der Waals surface area contributed by atoms with Crippen LogP contribution in [0.2, 0.25) is 0 Å². The van der Waals surface area contributed by atoms with Crippen LogP contribution in [0.25, 0.3) is 0 Å². The van der Waals surface area contributed by atoms with Crippen molar-refractivity contribution in [2.45, 2.75) is 32.2 Å². The number of aliphatic imine (C=N–C) groups is 1. The number of benzene rings is 1. The molecule has 1 fully saturated rings. The number of aryl methyl sites for hydroxylation is 1. The van der Waals surface area contributed by atoms with Crippen LogP contribution in [-0.2, 0) is 11.3 Å². The Balaban J connectivity index is 1.63. The first-order chi connectivity index (χ1) is 10.2. The maximum atomic E-state index is 12.9. The second-order valence-corrected chi connectivity index (χ2v) is 5.86. The molecule has 4 heteroatoms. The number of aromatic nitrogens is 2. The summed E-state index contributed by atoms with van der Waals surface area (Å²) in [6, 6.07) is 8.02. The van der Waals surface area contributed by atoms with Gasteiger partial charge >= 0.3 is 0 Å². The third-order valence-electron chi connectivity index (χ3n) is 4.62. The number of fused-ring (bicyclic) bond motifs is 3. The first kappa shape index (κ1) is 12.5. The van der Waals surface area contributed by atoms with Gasteiger partial charge in [-0.3, -0.25) is 9.79 Å². The molecule has 1 aromatic heterocycles. The Morgan fingerprint density at radius 3 is 3.00 bits per heavy atom. The highest BCUT2D eigenvalue weighted by molar-refractivity contribution is 6.16. The molecule has 4 nitrogen and oxygen atoms in total. The van der Waals surface area contributed by atoms with Gasteiger partial charge in [0, 0.05) is 30.6 Å². The Kier molecular flexibility index (Phi) is 2.77. The molecule has 0 N–H and O–H groups in total. The van der Waals surface area contributed by atoms with E-state index in [1.165, 1.54) is 0 Å². The molecule has 1 aromatic carbocycles. The van der Waals surface area contributed by atoms with Crippen LogP contribution in [0.15, 0.2) is 41.7 Å². The minimum Gasteiger partial charge on any atom is -0.334 e. The molecule has 106 valence electrons. The lowest BCUT2D eigenvalue weighted by atomic mass is 9.76. The van der Waals surface area contributed by atoms with Crippen molar-refractivity contribution in [3.05, 3.63) is 48.0 Å². The highest BCUT2D eigenvalue weighted by Crippen LogP contribution is 2.42. The number of para-hydroxylation sites is 1. The molecule has 1 aliphatic carbocycles. The van der Waals surface area contributed by atoms with Crippen molar-refractivity contribution in [3.63, 3.8) is 0 Å². The summed E-state index contributed by atoms with van der Waals surface area (Å²) in [6.45, 7) is 2.71. The molecule has 0 amide bonds. The van der Waals surface area contributed by atoms with E-state index in [0.717, 1.165) is 42.2 Å². The van der Waals surface area contributed by atoms with Gasteiger partial charge in [-0.1, -0.05) is 18.2 Å². The largest absolute Gasteiger partial charge is 0.334 e. The van der Waals surface area contributed by atoms with Crippen LogP contribution in [-0.4, -0.2) is 21.0 Å². The van der Waals surface area contributed by atoms with Crippen LogP contribution in [0, 0.1) is 12.8 Å². The number of carbonyl (C=O) groups is 1. The van der Waals surface area contributed by atoms with Gasteiger partial charge in [0.25, 0.3) is 0 Å². The lowest BCUT2D eigenvalue weighted by molar-refractivity contribution is -0.124. The molecule has 2 aliphatic rings. The Morgan fingerprint density at radius 1 is 1.33 bits per heavy atom. The highest BCUT2D eigenvalue weighted by Gasteiger charge is 2.40. The van der Waals surface area contributed by atoms with Gasteiger partial charge in [-0.2, -0.15) is 0 Å². The van der Waals surface area contributed by atoms with Crippen molar-refractivity contribution in [1.29, 1.82) is 0 Å². The normalized spacial score (nSPS) is 23.7. The second kappa shape index (κ2) is 4.65. The van der Waals surface area contributed by atoms with Crippen molar-refractivity contribution in [2.75, 3.05) is 0 Å². The topological polar surface area (TPSA) is 47.2 Å². The minimum absolute atomic E-state index is 0.0630. The van der Waals surface area contributed by atoms with Crippen molar-refractivity contribution in [2.24, 2.45) is 10.9 Å². The number of imidazole rings is 1. The summed E-state index contributed by atoms with van der Waals surface area (Å²) in [4.78, 5) is 21.8. The van der Waals surface area contributed by atoms with E-state index < -0.39 is 0 Å². The van der Waals surface area contributed by atoms with Crippen LogP contribution in [0.3, 0.4) is 0 Å². The number of hydrogen-bond acceptors (Lipinski definition) is 3. The number of rotatable bonds is 2. The van der Waals surface area contributed by atoms with Crippen LogP contribution in [0.1, 0.15) is 30.1 Å². The Hall–Kier alpha value is -2.23. The smallest absolute Gasteiger partial charge is 0.150 e. The molecular weight excluding hydrogens is 262 g/mol. The van der Waals surface area contributed by atoms with E-state index in [1.54, 1.807) is 6.20 Å². The van der Waals surface area contributed by atoms with Gasteiger partial charge in [0.05, 0.1) is 11.6 Å². The third-order valence-corrected chi connectivity index (χ3v) is 4.62. The van der Waals surface area contributed by atoms with E-state index in [4.69, 9.17) is 0 Å². The summed E-state index contributed by atoms with van der Waals surface area (Å²) in [7, 11) is 0. The lowest BCUT2D eigenvalue weighted by Crippen LogP contribution is -2.34. The molecule has 1 aliphatic heterocycles. The van der Waals surface area contributed by atoms with E-state index in [0.29, 0.717) is 5.78 Å². The predicted octanol–water partition coefficient (Wildman–Crippen LogP) is 3.04. The second-order valence-electron chi connectivity index (χ2n) is 5.86. The lowest BCUT2D eigenvalue weighted by Gasteiger charge is -2.27. The van der Waals surface area contributed by atoms with E-state index in [2.05, 4.69) is 14.5 Å². The van der Waals surface area contributed by atoms with Gasteiger partial charge in [0.15, 0.2) is 5.78 Å². The molecule has 0 bridgehead atoms. The summed E-state index contributed by atoms with van der Waals surface area (Å²) < 4.78 is 2.07. The average Bonchev–Trinajstić information content (AvgIpc) is 3.06. The molecule has 0 spiro atoms. The molecule has 21 heavy (non-hydrogen) atoms. The molecule has 2 aromatic rings. The zero-order valence-electron chi connectivity index (χ0n) is 12.0. The molecule has 4 rings (SSSR count). The number of nitrogens with zero attached hydrogens (tertiary/aromatic N) is 3. The molecule has 1 saturated carbocycles. The zero-order valence-corrected chi connectivity index (χ0v) is 12.0. The van der Waals surface area contributed by atoms with Crippen LogP contribution in [0.4, 0.5) is 5.69 Å². The molecular formula is C17H17N3O. The zero-order chi connectivity index (χ0) is 14.4. The predicted molar refractivity (Wildman–Crippen MR) is 81.0 cm³/mol. The summed E-state index contributed by atoms with van der Waals surface area (Å²) in [5, 5.41) is 0. The van der Waals surface area contributed by atoms with Gasteiger partial charge in [-0.05, 0) is 31.4 Å². The fraction of sp³-hybridized carbons (Fsp3) is 0.353. The molecule has 2 heterocycles. The maximum absolute atomic E-state index is 12.9. The van der Waals surface area contributed by atoms with Gasteiger partial charge < -0.3 is 4.57 Å². The Labute approximate surface area is 123 Å². The summed E-state index contributed by atoms with van der Waals surface area (Å²) in [5.41, 5.74) is 3.12. The van der Waals surface area contributed by atoms with Gasteiger partial charge in [0.2, 0.25) is 0 Å². The van der Waals surface area contributed by atoms with Crippen molar-refractivity contribution >= 4 is 17.2 Å². The Morgan fingerprint density at radius 2 is 2.19 bits per heavy atom. The van der Waals surface area contributed by atoms with Gasteiger partial charge in [-0.15, -0.1) is 0 Å². The first-order valence-corrected chi connectivity index (χ1v) is 7.42. The number of hydrogen-bond donors (Lipinski definition) is 0. The number of ketones is 1. The van der Waals surface area contributed by atoms with Crippen LogP contribution < -0.4 is 0 Å². The SMILES string of the molecule is Cc1nccn1CC1CCC2=Nc3ccccc3C2C1=O. The number of Topliss-reactive ketones (excluding diaryl/α,β-unsaturated/α-hetero) is 1. The third kappa shape index (κ3) is 1.94. The van der Waals surface area contributed by atoms with E-state index in [1.807, 2.05) is 37.4 Å². The minimum atomic E-state index is -0.108. The highest BCUT2D eigenvalue weighted by atomic mass is 16.1. The van der Waals surface area contributed by atoms with Crippen LogP contribution >= 0.6 is 0 Å². The molecule has 2 atom stereocenters. The Bertz CT molecular complexity index is 744. The monoisotopic (exact) mass is 279 g/mol. The van der Waals surface area contributed by atoms with E-state index in [-0.39, 0.29) is 11.8 Å². The first-order valence-electron chi connectivity index (χ1n) is 7.42. The summed E-state index contributed by atoms with van der Waals surface area (Å²) in [6.07, 6.45) is 5.55. The fourth-order valence-electron chi connectivity index (χ4n) is 3.47. The van der Waals surface area contributed by atoms with E-state index in [9.17, 15) is 4.79 Å². The van der Waals surface area contributed by atoms with Gasteiger partial charge in [0.1, 0.15) is 5.82 Å². The van der Waals surface area contributed by atoms with E-state index >= 15 is 0 Å². The molecule has 0 saturated heterocycles. The van der Waals surface area contributed by atoms with Crippen molar-refractivity contribution in [3.8, 4) is 0 Å². The fourth-order valence-corrected chi connectivity index (χ4v) is 3.47. The molecule has 2 unspecified atom stereocenters. The number of carbonyl (C=O) groups excluding carboxylic acids is 1. The quantitative estimate of drug-likeness (QED) is 0.848.